The van der Waals surface area contributed by atoms with E-state index in [-0.39, 0.29) is 5.41 Å². The second kappa shape index (κ2) is 6.96. The summed E-state index contributed by atoms with van der Waals surface area (Å²) in [5, 5.41) is 0.749. The van der Waals surface area contributed by atoms with E-state index in [1.165, 1.54) is 16.9 Å². The number of fused-ring (bicyclic) bond motifs is 2. The molecule has 5 heteroatoms. The van der Waals surface area contributed by atoms with Gasteiger partial charge in [-0.1, -0.05) is 31.5 Å². The Morgan fingerprint density at radius 3 is 2.59 bits per heavy atom. The first-order chi connectivity index (χ1) is 13.8. The Morgan fingerprint density at radius 2 is 1.86 bits per heavy atom. The second-order valence-electron chi connectivity index (χ2n) is 8.09. The summed E-state index contributed by atoms with van der Waals surface area (Å²) in [7, 11) is 7.98. The Bertz CT molecular complexity index is 1170. The zero-order chi connectivity index (χ0) is 20.9. The second-order valence-corrected chi connectivity index (χ2v) is 8.52. The lowest BCUT2D eigenvalue weighted by atomic mass is 9.83. The number of nitrogens with zero attached hydrogens (tertiary/aromatic N) is 3. The van der Waals surface area contributed by atoms with Crippen molar-refractivity contribution in [3.05, 3.63) is 70.7 Å². The van der Waals surface area contributed by atoms with Crippen LogP contribution in [0.15, 0.2) is 54.2 Å². The number of methoxy groups -OCH3 is 1. The van der Waals surface area contributed by atoms with Gasteiger partial charge >= 0.3 is 0 Å². The van der Waals surface area contributed by atoms with Crippen LogP contribution in [0.25, 0.3) is 17.1 Å². The lowest BCUT2D eigenvalue weighted by Crippen LogP contribution is -2.30. The molecule has 0 radical (unpaired) electrons. The number of benzene rings is 2. The molecule has 29 heavy (non-hydrogen) atoms. The van der Waals surface area contributed by atoms with Crippen LogP contribution in [0, 0.1) is 0 Å². The Labute approximate surface area is 177 Å². The van der Waals surface area contributed by atoms with Crippen molar-refractivity contribution in [1.82, 2.24) is 4.57 Å². The number of hydrogen-bond acceptors (Lipinski definition) is 2. The van der Waals surface area contributed by atoms with Gasteiger partial charge in [0.1, 0.15) is 5.75 Å². The Hall–Kier alpha value is -2.72. The van der Waals surface area contributed by atoms with Gasteiger partial charge in [0.15, 0.2) is 11.0 Å². The molecular formula is C24H27ClN3O+. The first kappa shape index (κ1) is 19.6. The quantitative estimate of drug-likeness (QED) is 0.569. The van der Waals surface area contributed by atoms with Crippen LogP contribution in [0.1, 0.15) is 25.2 Å². The average molecular weight is 409 g/mol. The lowest BCUT2D eigenvalue weighted by Gasteiger charge is -2.23. The summed E-state index contributed by atoms with van der Waals surface area (Å²) in [6.45, 7) is 4.51. The highest BCUT2D eigenvalue weighted by Crippen LogP contribution is 2.48. The molecule has 1 aliphatic heterocycles. The molecular weight excluding hydrogens is 382 g/mol. The molecule has 0 aliphatic carbocycles. The SMILES string of the molecule is COc1ccc2c(c1)C(C)(C)/C(=C\C=C\c1n(C)c3cc(Cl)ccc3[n+]1C)N2C. The van der Waals surface area contributed by atoms with Crippen molar-refractivity contribution >= 4 is 34.4 Å². The molecule has 0 spiro atoms. The molecule has 2 heterocycles. The minimum atomic E-state index is -0.0996. The Morgan fingerprint density at radius 1 is 1.10 bits per heavy atom. The third kappa shape index (κ3) is 3.03. The van der Waals surface area contributed by atoms with Gasteiger partial charge in [-0.05, 0) is 42.0 Å². The number of halogens is 1. The van der Waals surface area contributed by atoms with E-state index in [0.717, 1.165) is 27.6 Å². The molecule has 0 N–H and O–H groups in total. The van der Waals surface area contributed by atoms with Crippen molar-refractivity contribution in [2.75, 3.05) is 19.1 Å². The van der Waals surface area contributed by atoms with Crippen LogP contribution in [-0.4, -0.2) is 18.7 Å². The summed E-state index contributed by atoms with van der Waals surface area (Å²) in [4.78, 5) is 2.26. The molecule has 2 aromatic carbocycles. The molecule has 4 rings (SSSR count). The van der Waals surface area contributed by atoms with Gasteiger partial charge in [0.2, 0.25) is 0 Å². The highest BCUT2D eigenvalue weighted by atomic mass is 35.5. The highest BCUT2D eigenvalue weighted by molar-refractivity contribution is 6.31. The standard InChI is InChI=1S/C24H27ClN3O/c1-24(2)18-15-17(29-6)11-13-19(18)26(3)22(24)8-7-9-23-27(4)20-12-10-16(25)14-21(20)28(23)5/h7-15H,1-6H3/q+1. The summed E-state index contributed by atoms with van der Waals surface area (Å²) in [6.07, 6.45) is 6.48. The molecule has 0 atom stereocenters. The van der Waals surface area contributed by atoms with E-state index in [2.05, 4.69) is 85.5 Å². The van der Waals surface area contributed by atoms with Crippen LogP contribution >= 0.6 is 11.6 Å². The van der Waals surface area contributed by atoms with Crippen LogP contribution in [0.5, 0.6) is 5.75 Å². The Balaban J connectivity index is 1.73. The average Bonchev–Trinajstić information content (AvgIpc) is 3.04. The van der Waals surface area contributed by atoms with Crippen molar-refractivity contribution in [2.45, 2.75) is 19.3 Å². The predicted octanol–water partition coefficient (Wildman–Crippen LogP) is 4.99. The van der Waals surface area contributed by atoms with Crippen LogP contribution in [0.4, 0.5) is 5.69 Å². The van der Waals surface area contributed by atoms with Gasteiger partial charge in [-0.3, -0.25) is 0 Å². The number of aromatic nitrogens is 2. The first-order valence-corrected chi connectivity index (χ1v) is 10.1. The molecule has 1 aromatic heterocycles. The van der Waals surface area contributed by atoms with E-state index in [9.17, 15) is 0 Å². The minimum Gasteiger partial charge on any atom is -0.497 e. The third-order valence-corrected chi connectivity index (χ3v) is 6.32. The van der Waals surface area contributed by atoms with E-state index >= 15 is 0 Å². The highest BCUT2D eigenvalue weighted by Gasteiger charge is 2.38. The number of anilines is 1. The molecule has 0 amide bonds. The zero-order valence-electron chi connectivity index (χ0n) is 17.8. The molecule has 0 saturated carbocycles. The van der Waals surface area contributed by atoms with E-state index in [4.69, 9.17) is 16.3 Å². The van der Waals surface area contributed by atoms with Crippen LogP contribution < -0.4 is 14.2 Å². The van der Waals surface area contributed by atoms with Crippen molar-refractivity contribution in [2.24, 2.45) is 14.1 Å². The summed E-state index contributed by atoms with van der Waals surface area (Å²) in [6, 6.07) is 12.3. The van der Waals surface area contributed by atoms with Crippen molar-refractivity contribution < 1.29 is 9.30 Å². The van der Waals surface area contributed by atoms with Crippen LogP contribution in [0.3, 0.4) is 0 Å². The van der Waals surface area contributed by atoms with E-state index in [1.54, 1.807) is 7.11 Å². The number of aryl methyl sites for hydroxylation is 2. The molecule has 3 aromatic rings. The smallest absolute Gasteiger partial charge is 0.281 e. The summed E-state index contributed by atoms with van der Waals surface area (Å²) < 4.78 is 9.79. The summed E-state index contributed by atoms with van der Waals surface area (Å²) in [5.74, 6) is 2.00. The summed E-state index contributed by atoms with van der Waals surface area (Å²) >= 11 is 6.19. The maximum Gasteiger partial charge on any atom is 0.281 e. The molecule has 0 saturated heterocycles. The minimum absolute atomic E-state index is 0.0996. The fraction of sp³-hybridized carbons (Fsp3) is 0.292. The monoisotopic (exact) mass is 408 g/mol. The van der Waals surface area contributed by atoms with E-state index < -0.39 is 0 Å². The lowest BCUT2D eigenvalue weighted by molar-refractivity contribution is -0.647. The van der Waals surface area contributed by atoms with Gasteiger partial charge in [0.25, 0.3) is 5.82 Å². The maximum absolute atomic E-state index is 6.19. The van der Waals surface area contributed by atoms with Gasteiger partial charge in [0, 0.05) is 41.0 Å². The molecule has 0 fully saturated rings. The Kier molecular flexibility index (Phi) is 4.70. The summed E-state index contributed by atoms with van der Waals surface area (Å²) in [5.41, 5.74) is 5.93. The number of imidazole rings is 1. The van der Waals surface area contributed by atoms with E-state index in [1.807, 2.05) is 18.2 Å². The van der Waals surface area contributed by atoms with Gasteiger partial charge < -0.3 is 9.64 Å². The van der Waals surface area contributed by atoms with Gasteiger partial charge in [0.05, 0.1) is 21.2 Å². The van der Waals surface area contributed by atoms with Crippen molar-refractivity contribution in [3.8, 4) is 5.75 Å². The first-order valence-electron chi connectivity index (χ1n) is 9.70. The van der Waals surface area contributed by atoms with Gasteiger partial charge in [-0.2, -0.15) is 0 Å². The van der Waals surface area contributed by atoms with Crippen LogP contribution in [0.2, 0.25) is 5.02 Å². The topological polar surface area (TPSA) is 21.3 Å². The molecule has 150 valence electrons. The van der Waals surface area contributed by atoms with Crippen molar-refractivity contribution in [3.63, 3.8) is 0 Å². The zero-order valence-corrected chi connectivity index (χ0v) is 18.6. The fourth-order valence-electron chi connectivity index (χ4n) is 4.41. The van der Waals surface area contributed by atoms with Gasteiger partial charge in [-0.15, -0.1) is 0 Å². The number of ether oxygens (including phenoxy) is 1. The maximum atomic E-state index is 6.19. The number of rotatable bonds is 3. The molecule has 0 unspecified atom stereocenters. The molecule has 1 aliphatic rings. The number of allylic oxidation sites excluding steroid dienone is 3. The number of hydrogen-bond donors (Lipinski definition) is 0. The normalized spacial score (nSPS) is 16.9. The fourth-order valence-corrected chi connectivity index (χ4v) is 4.58. The van der Waals surface area contributed by atoms with Crippen LogP contribution in [-0.2, 0) is 19.5 Å². The van der Waals surface area contributed by atoms with E-state index in [0.29, 0.717) is 0 Å². The van der Waals surface area contributed by atoms with Gasteiger partial charge in [-0.25, -0.2) is 9.13 Å². The predicted molar refractivity (Wildman–Crippen MR) is 121 cm³/mol. The molecule has 4 nitrogen and oxygen atoms in total. The molecule has 0 bridgehead atoms. The largest absolute Gasteiger partial charge is 0.497 e. The number of likely N-dealkylation sites (N-methyl/N-ethyl adjacent to an activating group) is 1. The third-order valence-electron chi connectivity index (χ3n) is 6.09. The van der Waals surface area contributed by atoms with Crippen molar-refractivity contribution in [1.29, 1.82) is 0 Å².